The Morgan fingerprint density at radius 1 is 1.39 bits per heavy atom. The van der Waals surface area contributed by atoms with Gasteiger partial charge in [0.05, 0.1) is 0 Å². The lowest BCUT2D eigenvalue weighted by atomic mass is 9.98. The molecule has 0 aromatic heterocycles. The molecule has 2 unspecified atom stereocenters. The van der Waals surface area contributed by atoms with Crippen molar-refractivity contribution >= 4 is 29.6 Å². The molecule has 2 atom stereocenters. The van der Waals surface area contributed by atoms with E-state index in [1.54, 1.807) is 11.8 Å². The summed E-state index contributed by atoms with van der Waals surface area (Å²) in [5.41, 5.74) is 0. The Morgan fingerprint density at radius 2 is 2.06 bits per heavy atom. The molecule has 4 amide bonds. The lowest BCUT2D eigenvalue weighted by molar-refractivity contribution is -0.144. The van der Waals surface area contributed by atoms with E-state index in [4.69, 9.17) is 0 Å². The summed E-state index contributed by atoms with van der Waals surface area (Å²) < 4.78 is 0. The van der Waals surface area contributed by atoms with Gasteiger partial charge in [0.1, 0.15) is 5.92 Å². The van der Waals surface area contributed by atoms with Crippen LogP contribution < -0.4 is 5.32 Å². The highest BCUT2D eigenvalue weighted by Crippen LogP contribution is 2.19. The number of urea groups is 1. The van der Waals surface area contributed by atoms with Crippen LogP contribution in [0.5, 0.6) is 0 Å². The Balaban J connectivity index is 2.79. The van der Waals surface area contributed by atoms with E-state index in [0.717, 1.165) is 18.6 Å². The fourth-order valence-corrected chi connectivity index (χ4v) is 2.59. The van der Waals surface area contributed by atoms with Crippen LogP contribution in [0.1, 0.15) is 33.1 Å². The molecule has 1 saturated heterocycles. The van der Waals surface area contributed by atoms with Gasteiger partial charge in [0.15, 0.2) is 0 Å². The predicted molar refractivity (Wildman–Crippen MR) is 71.2 cm³/mol. The third kappa shape index (κ3) is 3.25. The molecule has 0 bridgehead atoms. The SMILES string of the molecule is CCCC1C(=O)NC(=O)N(C(C)CCSC)C1=O. The topological polar surface area (TPSA) is 66.5 Å². The van der Waals surface area contributed by atoms with Crippen molar-refractivity contribution in [3.63, 3.8) is 0 Å². The van der Waals surface area contributed by atoms with Crippen LogP contribution in [-0.4, -0.2) is 40.8 Å². The van der Waals surface area contributed by atoms with Crippen molar-refractivity contribution in [3.8, 4) is 0 Å². The maximum absolute atomic E-state index is 12.2. The number of rotatable bonds is 6. The van der Waals surface area contributed by atoms with Crippen LogP contribution in [0, 0.1) is 5.92 Å². The zero-order valence-electron chi connectivity index (χ0n) is 11.1. The van der Waals surface area contributed by atoms with Gasteiger partial charge in [-0.2, -0.15) is 11.8 Å². The Bertz CT molecular complexity index is 346. The predicted octanol–water partition coefficient (Wildman–Crippen LogP) is 1.62. The molecule has 1 N–H and O–H groups in total. The van der Waals surface area contributed by atoms with Crippen molar-refractivity contribution in [2.24, 2.45) is 5.92 Å². The lowest BCUT2D eigenvalue weighted by Gasteiger charge is -2.34. The minimum absolute atomic E-state index is 0.169. The molecule has 0 aromatic rings. The number of carbonyl (C=O) groups is 3. The molecule has 6 heteroatoms. The van der Waals surface area contributed by atoms with Gasteiger partial charge in [-0.05, 0) is 31.8 Å². The number of nitrogens with one attached hydrogen (secondary N) is 1. The van der Waals surface area contributed by atoms with E-state index in [-0.39, 0.29) is 11.9 Å². The first-order chi connectivity index (χ1) is 8.52. The monoisotopic (exact) mass is 272 g/mol. The molecule has 0 aromatic carbocycles. The fraction of sp³-hybridized carbons (Fsp3) is 0.750. The molecule has 1 aliphatic heterocycles. The molecule has 1 heterocycles. The minimum atomic E-state index is -0.704. The number of barbiturate groups is 1. The van der Waals surface area contributed by atoms with Gasteiger partial charge in [-0.3, -0.25) is 19.8 Å². The summed E-state index contributed by atoms with van der Waals surface area (Å²) in [5, 5.41) is 2.27. The fourth-order valence-electron chi connectivity index (χ4n) is 2.01. The number of carbonyl (C=O) groups excluding carboxylic acids is 3. The second kappa shape index (κ2) is 6.78. The van der Waals surface area contributed by atoms with E-state index >= 15 is 0 Å². The maximum atomic E-state index is 12.2. The molecule has 18 heavy (non-hydrogen) atoms. The average molecular weight is 272 g/mol. The summed E-state index contributed by atoms with van der Waals surface area (Å²) in [7, 11) is 0. The second-order valence-corrected chi connectivity index (χ2v) is 5.46. The van der Waals surface area contributed by atoms with Gasteiger partial charge < -0.3 is 0 Å². The molecular weight excluding hydrogens is 252 g/mol. The van der Waals surface area contributed by atoms with E-state index in [1.165, 1.54) is 4.90 Å². The van der Waals surface area contributed by atoms with Crippen molar-refractivity contribution < 1.29 is 14.4 Å². The number of hydrogen-bond acceptors (Lipinski definition) is 4. The Labute approximate surface area is 112 Å². The quantitative estimate of drug-likeness (QED) is 0.746. The molecule has 1 rings (SSSR count). The summed E-state index contributed by atoms with van der Waals surface area (Å²) in [6, 6.07) is -0.747. The van der Waals surface area contributed by atoms with Crippen LogP contribution in [-0.2, 0) is 9.59 Å². The number of thioether (sulfide) groups is 1. The van der Waals surface area contributed by atoms with Gasteiger partial charge in [-0.15, -0.1) is 0 Å². The Kier molecular flexibility index (Phi) is 5.65. The smallest absolute Gasteiger partial charge is 0.277 e. The standard InChI is InChI=1S/C12H20N2O3S/c1-4-5-9-10(15)13-12(17)14(11(9)16)8(2)6-7-18-3/h8-9H,4-7H2,1-3H3,(H,13,15,17). The van der Waals surface area contributed by atoms with E-state index in [2.05, 4.69) is 5.32 Å². The van der Waals surface area contributed by atoms with Gasteiger partial charge in [0.25, 0.3) is 0 Å². The zero-order valence-corrected chi connectivity index (χ0v) is 11.9. The molecule has 0 saturated carbocycles. The number of hydrogen-bond donors (Lipinski definition) is 1. The van der Waals surface area contributed by atoms with Gasteiger partial charge in [-0.1, -0.05) is 13.3 Å². The highest BCUT2D eigenvalue weighted by atomic mass is 32.2. The lowest BCUT2D eigenvalue weighted by Crippen LogP contribution is -2.60. The minimum Gasteiger partial charge on any atom is -0.277 e. The Morgan fingerprint density at radius 3 is 2.61 bits per heavy atom. The largest absolute Gasteiger partial charge is 0.331 e. The molecule has 0 radical (unpaired) electrons. The van der Waals surface area contributed by atoms with Gasteiger partial charge in [0.2, 0.25) is 11.8 Å². The molecule has 5 nitrogen and oxygen atoms in total. The van der Waals surface area contributed by atoms with E-state index in [1.807, 2.05) is 20.1 Å². The summed E-state index contributed by atoms with van der Waals surface area (Å²) >= 11 is 1.67. The first-order valence-corrected chi connectivity index (χ1v) is 7.59. The molecular formula is C12H20N2O3S. The second-order valence-electron chi connectivity index (χ2n) is 4.47. The normalized spacial score (nSPS) is 22.1. The van der Waals surface area contributed by atoms with Gasteiger partial charge in [0, 0.05) is 6.04 Å². The molecule has 1 fully saturated rings. The molecule has 0 aliphatic carbocycles. The van der Waals surface area contributed by atoms with Crippen molar-refractivity contribution in [2.45, 2.75) is 39.2 Å². The van der Waals surface area contributed by atoms with Crippen LogP contribution >= 0.6 is 11.8 Å². The summed E-state index contributed by atoms with van der Waals surface area (Å²) in [6.45, 7) is 3.75. The highest BCUT2D eigenvalue weighted by molar-refractivity contribution is 7.98. The maximum Gasteiger partial charge on any atom is 0.331 e. The summed E-state index contributed by atoms with van der Waals surface area (Å²) in [6.07, 6.45) is 3.95. The van der Waals surface area contributed by atoms with Crippen molar-refractivity contribution in [1.29, 1.82) is 0 Å². The van der Waals surface area contributed by atoms with Crippen LogP contribution in [0.15, 0.2) is 0 Å². The van der Waals surface area contributed by atoms with Crippen LogP contribution in [0.25, 0.3) is 0 Å². The van der Waals surface area contributed by atoms with E-state index in [9.17, 15) is 14.4 Å². The number of imide groups is 2. The van der Waals surface area contributed by atoms with E-state index < -0.39 is 17.9 Å². The molecule has 102 valence electrons. The van der Waals surface area contributed by atoms with Gasteiger partial charge in [-0.25, -0.2) is 4.79 Å². The number of nitrogens with zero attached hydrogens (tertiary/aromatic N) is 1. The van der Waals surface area contributed by atoms with Crippen molar-refractivity contribution in [2.75, 3.05) is 12.0 Å². The Hall–Kier alpha value is -1.04. The van der Waals surface area contributed by atoms with Gasteiger partial charge >= 0.3 is 6.03 Å². The van der Waals surface area contributed by atoms with Crippen LogP contribution in [0.2, 0.25) is 0 Å². The summed E-state index contributed by atoms with van der Waals surface area (Å²) in [4.78, 5) is 36.7. The van der Waals surface area contributed by atoms with Crippen LogP contribution in [0.3, 0.4) is 0 Å². The molecule has 0 spiro atoms. The van der Waals surface area contributed by atoms with Crippen LogP contribution in [0.4, 0.5) is 4.79 Å². The average Bonchev–Trinajstić information content (AvgIpc) is 2.31. The number of amides is 4. The first-order valence-electron chi connectivity index (χ1n) is 6.19. The molecule has 1 aliphatic rings. The zero-order chi connectivity index (χ0) is 13.7. The summed E-state index contributed by atoms with van der Waals surface area (Å²) in [5.74, 6) is -0.631. The van der Waals surface area contributed by atoms with Crippen molar-refractivity contribution in [3.05, 3.63) is 0 Å². The highest BCUT2D eigenvalue weighted by Gasteiger charge is 2.41. The van der Waals surface area contributed by atoms with E-state index in [0.29, 0.717) is 6.42 Å². The third-order valence-electron chi connectivity index (χ3n) is 3.06. The van der Waals surface area contributed by atoms with Crippen molar-refractivity contribution in [1.82, 2.24) is 10.2 Å². The first kappa shape index (κ1) is 15.0. The third-order valence-corrected chi connectivity index (χ3v) is 3.70.